The van der Waals surface area contributed by atoms with E-state index in [1.54, 1.807) is 0 Å². The van der Waals surface area contributed by atoms with Gasteiger partial charge in [0.05, 0.1) is 9.95 Å². The molecule has 0 radical (unpaired) electrons. The molecule has 0 spiro atoms. The van der Waals surface area contributed by atoms with Gasteiger partial charge in [0.25, 0.3) is 5.69 Å². The molecule has 0 aliphatic rings. The molecule has 1 aromatic rings. The minimum Gasteiger partial charge on any atom is -0.298 e. The average molecular weight is 228 g/mol. The van der Waals surface area contributed by atoms with Crippen LogP contribution in [0.5, 0.6) is 0 Å². The standard InChI is InChI=1S/C9H6ClNO4/c1-5(13)6-2-8(10)7(4-12)9(3-6)11(14)15/h2-4H,1H3. The third-order valence-electron chi connectivity index (χ3n) is 1.83. The number of carbonyl (C=O) groups excluding carboxylic acids is 2. The molecule has 0 aliphatic carbocycles. The fourth-order valence-electron chi connectivity index (χ4n) is 1.07. The van der Waals surface area contributed by atoms with Crippen molar-refractivity contribution in [2.75, 3.05) is 0 Å². The second kappa shape index (κ2) is 4.18. The number of carbonyl (C=O) groups is 2. The molecule has 0 aromatic heterocycles. The Morgan fingerprint density at radius 3 is 2.53 bits per heavy atom. The van der Waals surface area contributed by atoms with E-state index in [-0.39, 0.29) is 21.9 Å². The molecule has 0 atom stereocenters. The third kappa shape index (κ3) is 2.19. The molecule has 5 nitrogen and oxygen atoms in total. The normalized spacial score (nSPS) is 9.73. The SMILES string of the molecule is CC(=O)c1cc(Cl)c(C=O)c([N+](=O)[O-])c1. The Morgan fingerprint density at radius 1 is 1.53 bits per heavy atom. The summed E-state index contributed by atoms with van der Waals surface area (Å²) >= 11 is 5.63. The van der Waals surface area contributed by atoms with Gasteiger partial charge in [-0.2, -0.15) is 0 Å². The number of benzene rings is 1. The summed E-state index contributed by atoms with van der Waals surface area (Å²) in [6.45, 7) is 1.26. The summed E-state index contributed by atoms with van der Waals surface area (Å²) in [6.07, 6.45) is 0.296. The molecule has 78 valence electrons. The lowest BCUT2D eigenvalue weighted by Gasteiger charge is -2.01. The van der Waals surface area contributed by atoms with Crippen LogP contribution in [-0.2, 0) is 0 Å². The largest absolute Gasteiger partial charge is 0.298 e. The number of halogens is 1. The molecule has 0 aliphatic heterocycles. The first-order valence-corrected chi connectivity index (χ1v) is 4.29. The first kappa shape index (κ1) is 11.3. The summed E-state index contributed by atoms with van der Waals surface area (Å²) in [6, 6.07) is 2.28. The molecule has 0 unspecified atom stereocenters. The van der Waals surface area contributed by atoms with Crippen molar-refractivity contribution in [1.82, 2.24) is 0 Å². The molecular formula is C9H6ClNO4. The van der Waals surface area contributed by atoms with Crippen LogP contribution in [0, 0.1) is 10.1 Å². The van der Waals surface area contributed by atoms with Gasteiger partial charge in [0, 0.05) is 11.6 Å². The van der Waals surface area contributed by atoms with E-state index in [2.05, 4.69) is 0 Å². The van der Waals surface area contributed by atoms with E-state index >= 15 is 0 Å². The zero-order valence-corrected chi connectivity index (χ0v) is 8.45. The van der Waals surface area contributed by atoms with Gasteiger partial charge >= 0.3 is 0 Å². The van der Waals surface area contributed by atoms with E-state index in [9.17, 15) is 19.7 Å². The van der Waals surface area contributed by atoms with Crippen LogP contribution in [0.3, 0.4) is 0 Å². The van der Waals surface area contributed by atoms with Gasteiger partial charge in [-0.3, -0.25) is 19.7 Å². The van der Waals surface area contributed by atoms with E-state index < -0.39 is 10.6 Å². The molecule has 1 rings (SSSR count). The van der Waals surface area contributed by atoms with E-state index in [0.29, 0.717) is 6.29 Å². The average Bonchev–Trinajstić information content (AvgIpc) is 2.16. The number of hydrogen-bond donors (Lipinski definition) is 0. The molecular weight excluding hydrogens is 222 g/mol. The summed E-state index contributed by atoms with van der Waals surface area (Å²) in [4.78, 5) is 31.4. The van der Waals surface area contributed by atoms with Crippen LogP contribution in [0.25, 0.3) is 0 Å². The van der Waals surface area contributed by atoms with Gasteiger partial charge in [0.2, 0.25) is 0 Å². The van der Waals surface area contributed by atoms with Crippen molar-refractivity contribution in [2.45, 2.75) is 6.92 Å². The highest BCUT2D eigenvalue weighted by atomic mass is 35.5. The first-order chi connectivity index (χ1) is 6.97. The molecule has 0 saturated heterocycles. The maximum Gasteiger partial charge on any atom is 0.282 e. The van der Waals surface area contributed by atoms with Crippen molar-refractivity contribution >= 4 is 29.4 Å². The fourth-order valence-corrected chi connectivity index (χ4v) is 1.33. The zero-order valence-electron chi connectivity index (χ0n) is 7.69. The summed E-state index contributed by atoms with van der Waals surface area (Å²) in [5, 5.41) is 10.5. The lowest BCUT2D eigenvalue weighted by Crippen LogP contribution is -2.00. The molecule has 6 heteroatoms. The Kier molecular flexibility index (Phi) is 3.16. The van der Waals surface area contributed by atoms with Crippen LogP contribution in [0.4, 0.5) is 5.69 Å². The second-order valence-corrected chi connectivity index (χ2v) is 3.23. The van der Waals surface area contributed by atoms with Crippen molar-refractivity contribution in [1.29, 1.82) is 0 Å². The first-order valence-electron chi connectivity index (χ1n) is 3.91. The highest BCUT2D eigenvalue weighted by Crippen LogP contribution is 2.27. The molecule has 0 saturated carbocycles. The number of nitro benzene ring substituents is 1. The summed E-state index contributed by atoms with van der Waals surface area (Å²) in [5.74, 6) is -0.350. The van der Waals surface area contributed by atoms with E-state index in [1.807, 2.05) is 0 Å². The number of nitrogens with zero attached hydrogens (tertiary/aromatic N) is 1. The predicted molar refractivity (Wildman–Crippen MR) is 53.5 cm³/mol. The van der Waals surface area contributed by atoms with Gasteiger partial charge in [0.1, 0.15) is 5.56 Å². The Balaban J connectivity index is 3.52. The van der Waals surface area contributed by atoms with Crippen LogP contribution in [0.15, 0.2) is 12.1 Å². The molecule has 0 bridgehead atoms. The van der Waals surface area contributed by atoms with Crippen molar-refractivity contribution in [3.8, 4) is 0 Å². The Labute approximate surface area is 89.8 Å². The highest BCUT2D eigenvalue weighted by Gasteiger charge is 2.19. The number of Topliss-reactive ketones (excluding diaryl/α,β-unsaturated/α-hetero) is 1. The van der Waals surface area contributed by atoms with Gasteiger partial charge in [-0.15, -0.1) is 0 Å². The van der Waals surface area contributed by atoms with Crippen molar-refractivity contribution in [2.24, 2.45) is 0 Å². The molecule has 0 amide bonds. The Bertz CT molecular complexity index is 456. The molecule has 0 N–H and O–H groups in total. The van der Waals surface area contributed by atoms with Crippen molar-refractivity contribution in [3.05, 3.63) is 38.4 Å². The summed E-state index contributed by atoms with van der Waals surface area (Å²) in [7, 11) is 0. The smallest absolute Gasteiger partial charge is 0.282 e. The number of hydrogen-bond acceptors (Lipinski definition) is 4. The predicted octanol–water partition coefficient (Wildman–Crippen LogP) is 2.26. The van der Waals surface area contributed by atoms with E-state index in [4.69, 9.17) is 11.6 Å². The maximum absolute atomic E-state index is 11.0. The lowest BCUT2D eigenvalue weighted by molar-refractivity contribution is -0.385. The molecule has 0 heterocycles. The number of ketones is 1. The number of aldehydes is 1. The van der Waals surface area contributed by atoms with Gasteiger partial charge in [-0.1, -0.05) is 11.6 Å². The quantitative estimate of drug-likeness (QED) is 0.343. The Morgan fingerprint density at radius 2 is 2.13 bits per heavy atom. The van der Waals surface area contributed by atoms with Gasteiger partial charge in [0.15, 0.2) is 12.1 Å². The van der Waals surface area contributed by atoms with Crippen LogP contribution in [0.1, 0.15) is 27.6 Å². The van der Waals surface area contributed by atoms with E-state index in [1.165, 1.54) is 13.0 Å². The third-order valence-corrected chi connectivity index (χ3v) is 2.14. The van der Waals surface area contributed by atoms with Crippen LogP contribution in [0.2, 0.25) is 5.02 Å². The van der Waals surface area contributed by atoms with Crippen molar-refractivity contribution in [3.63, 3.8) is 0 Å². The molecule has 1 aromatic carbocycles. The monoisotopic (exact) mass is 227 g/mol. The minimum atomic E-state index is -0.748. The molecule has 0 fully saturated rings. The summed E-state index contributed by atoms with van der Waals surface area (Å²) in [5.41, 5.74) is -0.563. The number of rotatable bonds is 3. The van der Waals surface area contributed by atoms with E-state index in [0.717, 1.165) is 6.07 Å². The molecule has 15 heavy (non-hydrogen) atoms. The summed E-state index contributed by atoms with van der Waals surface area (Å²) < 4.78 is 0. The number of nitro groups is 1. The van der Waals surface area contributed by atoms with Gasteiger partial charge < -0.3 is 0 Å². The van der Waals surface area contributed by atoms with Gasteiger partial charge in [-0.05, 0) is 13.0 Å². The van der Waals surface area contributed by atoms with Gasteiger partial charge in [-0.25, -0.2) is 0 Å². The van der Waals surface area contributed by atoms with Crippen LogP contribution >= 0.6 is 11.6 Å². The minimum absolute atomic E-state index is 0.0931. The zero-order chi connectivity index (χ0) is 11.6. The van der Waals surface area contributed by atoms with Crippen LogP contribution in [-0.4, -0.2) is 17.0 Å². The topological polar surface area (TPSA) is 77.3 Å². The highest BCUT2D eigenvalue weighted by molar-refractivity contribution is 6.33. The fraction of sp³-hybridized carbons (Fsp3) is 0.111. The lowest BCUT2D eigenvalue weighted by atomic mass is 10.1. The van der Waals surface area contributed by atoms with Crippen molar-refractivity contribution < 1.29 is 14.5 Å². The van der Waals surface area contributed by atoms with Crippen LogP contribution < -0.4 is 0 Å². The maximum atomic E-state index is 11.0. The Hall–Kier alpha value is -1.75. The second-order valence-electron chi connectivity index (χ2n) is 2.82.